The Hall–Kier alpha value is -2.03. The number of phosphoric acid groups is 1. The summed E-state index contributed by atoms with van der Waals surface area (Å²) < 4.78 is 30.5. The van der Waals surface area contributed by atoms with Crippen molar-refractivity contribution >= 4 is 19.7 Å². The molecule has 0 aromatic rings. The molecule has 0 aromatic carbocycles. The van der Waals surface area contributed by atoms with Gasteiger partial charge in [-0.2, -0.15) is 0 Å². The van der Waals surface area contributed by atoms with Crippen LogP contribution in [0.2, 0.25) is 0 Å². The molecule has 0 aromatic heterocycles. The number of unbranched alkanes of at least 4 members (excludes halogenated alkanes) is 29. The standard InChI is InChI=1S/C56H105N2O7P/c1-7-10-13-16-19-22-25-28-29-31-33-36-39-42-45-48-55(59)57-53(52-64-66(61,62)63-51-50-58(4,5)6)54(47-44-41-38-35-32-27-24-21-18-15-12-9-3)65-56(60)49-46-43-40-37-34-30-26-23-20-17-14-11-8-2/h10,13,16,19,22,25,44,47,53-54H,7-9,11-12,14-15,17-18,20-21,23-24,26-43,45-46,48-52H2,1-6H3,(H-,57,59,61,62)/p+1/b13-10+,19-16+,25-22+,47-44+. The summed E-state index contributed by atoms with van der Waals surface area (Å²) in [5.74, 6) is -0.515. The molecular formula is C56H106N2O7P+. The molecule has 0 saturated heterocycles. The molecule has 3 atom stereocenters. The van der Waals surface area contributed by atoms with E-state index in [1.807, 2.05) is 33.3 Å². The van der Waals surface area contributed by atoms with E-state index in [9.17, 15) is 19.0 Å². The van der Waals surface area contributed by atoms with Crippen molar-refractivity contribution in [1.82, 2.24) is 5.32 Å². The largest absolute Gasteiger partial charge is 0.472 e. The first-order valence-corrected chi connectivity index (χ1v) is 29.0. The number of amides is 1. The topological polar surface area (TPSA) is 111 Å². The fraction of sp³-hybridized carbons (Fsp3) is 0.821. The zero-order valence-electron chi connectivity index (χ0n) is 43.9. The number of carbonyl (C=O) groups is 2. The van der Waals surface area contributed by atoms with Crippen molar-refractivity contribution in [2.45, 2.75) is 258 Å². The average Bonchev–Trinajstić information content (AvgIpc) is 3.27. The van der Waals surface area contributed by atoms with Crippen molar-refractivity contribution in [3.63, 3.8) is 0 Å². The lowest BCUT2D eigenvalue weighted by atomic mass is 10.0. The number of nitrogens with one attached hydrogen (secondary N) is 1. The Morgan fingerprint density at radius 3 is 1.44 bits per heavy atom. The number of hydrogen-bond donors (Lipinski definition) is 2. The smallest absolute Gasteiger partial charge is 0.456 e. The van der Waals surface area contributed by atoms with Crippen molar-refractivity contribution in [2.24, 2.45) is 0 Å². The zero-order valence-corrected chi connectivity index (χ0v) is 44.8. The number of rotatable bonds is 49. The quantitative estimate of drug-likeness (QED) is 0.0156. The van der Waals surface area contributed by atoms with Gasteiger partial charge in [0.15, 0.2) is 0 Å². The lowest BCUT2D eigenvalue weighted by Gasteiger charge is -2.27. The van der Waals surface area contributed by atoms with Gasteiger partial charge in [-0.15, -0.1) is 0 Å². The van der Waals surface area contributed by atoms with Gasteiger partial charge < -0.3 is 19.4 Å². The van der Waals surface area contributed by atoms with Gasteiger partial charge in [0.05, 0.1) is 33.8 Å². The minimum Gasteiger partial charge on any atom is -0.456 e. The molecule has 0 radical (unpaired) electrons. The average molecular weight is 950 g/mol. The van der Waals surface area contributed by atoms with Crippen LogP contribution < -0.4 is 5.32 Å². The van der Waals surface area contributed by atoms with Crippen LogP contribution in [0.3, 0.4) is 0 Å². The Balaban J connectivity index is 5.40. The highest BCUT2D eigenvalue weighted by atomic mass is 31.2. The van der Waals surface area contributed by atoms with Crippen molar-refractivity contribution < 1.29 is 37.3 Å². The van der Waals surface area contributed by atoms with Crippen LogP contribution in [0.1, 0.15) is 245 Å². The van der Waals surface area contributed by atoms with E-state index in [1.165, 1.54) is 135 Å². The second kappa shape index (κ2) is 46.7. The van der Waals surface area contributed by atoms with E-state index < -0.39 is 20.0 Å². The molecule has 9 nitrogen and oxygen atoms in total. The molecule has 3 unspecified atom stereocenters. The molecule has 0 aliphatic carbocycles. The molecule has 386 valence electrons. The molecule has 0 spiro atoms. The fourth-order valence-corrected chi connectivity index (χ4v) is 8.56. The highest BCUT2D eigenvalue weighted by Crippen LogP contribution is 2.43. The highest BCUT2D eigenvalue weighted by Gasteiger charge is 2.30. The summed E-state index contributed by atoms with van der Waals surface area (Å²) in [6.07, 6.45) is 55.2. The van der Waals surface area contributed by atoms with Gasteiger partial charge >= 0.3 is 13.8 Å². The van der Waals surface area contributed by atoms with Gasteiger partial charge in [0, 0.05) is 12.8 Å². The second-order valence-corrected chi connectivity index (χ2v) is 21.2. The van der Waals surface area contributed by atoms with Crippen LogP contribution >= 0.6 is 7.82 Å². The van der Waals surface area contributed by atoms with Crippen LogP contribution in [0, 0.1) is 0 Å². The van der Waals surface area contributed by atoms with Gasteiger partial charge in [-0.1, -0.05) is 230 Å². The summed E-state index contributed by atoms with van der Waals surface area (Å²) in [5.41, 5.74) is 0. The number of allylic oxidation sites excluding steroid dienone is 7. The number of likely N-dealkylation sites (N-methyl/N-ethyl adjacent to an activating group) is 1. The fourth-order valence-electron chi connectivity index (χ4n) is 7.82. The zero-order chi connectivity index (χ0) is 48.7. The predicted molar refractivity (Wildman–Crippen MR) is 282 cm³/mol. The molecule has 2 N–H and O–H groups in total. The first-order chi connectivity index (χ1) is 31.9. The van der Waals surface area contributed by atoms with E-state index in [2.05, 4.69) is 62.5 Å². The lowest BCUT2D eigenvalue weighted by Crippen LogP contribution is -2.47. The number of quaternary nitrogens is 1. The number of nitrogens with zero attached hydrogens (tertiary/aromatic N) is 1. The third-order valence-electron chi connectivity index (χ3n) is 12.1. The molecule has 0 heterocycles. The van der Waals surface area contributed by atoms with Crippen molar-refractivity contribution in [2.75, 3.05) is 40.9 Å². The van der Waals surface area contributed by atoms with Gasteiger partial charge in [-0.25, -0.2) is 4.57 Å². The van der Waals surface area contributed by atoms with E-state index >= 15 is 0 Å². The molecule has 0 aliphatic rings. The van der Waals surface area contributed by atoms with E-state index in [4.69, 9.17) is 13.8 Å². The summed E-state index contributed by atoms with van der Waals surface area (Å²) in [5, 5.41) is 3.04. The SMILES string of the molecule is CC/C=C/C=C/C=C/CCCCCCCCCC(=O)NC(COP(=O)(O)OCC[N+](C)(C)C)C(/C=C/CCCCCCCCCCCC)OC(=O)CCCCCCCCCCCCCCC. The minimum atomic E-state index is -4.44. The van der Waals surface area contributed by atoms with Crippen molar-refractivity contribution in [1.29, 1.82) is 0 Å². The van der Waals surface area contributed by atoms with Crippen LogP contribution in [-0.4, -0.2) is 74.3 Å². The molecule has 10 heteroatoms. The van der Waals surface area contributed by atoms with E-state index in [0.717, 1.165) is 77.0 Å². The van der Waals surface area contributed by atoms with Crippen LogP contribution in [0.4, 0.5) is 0 Å². The summed E-state index contributed by atoms with van der Waals surface area (Å²) in [6, 6.07) is -0.850. The van der Waals surface area contributed by atoms with Gasteiger partial charge in [0.2, 0.25) is 5.91 Å². The summed E-state index contributed by atoms with van der Waals surface area (Å²) in [6.45, 7) is 6.87. The van der Waals surface area contributed by atoms with Gasteiger partial charge in [-0.05, 0) is 51.0 Å². The number of hydrogen-bond acceptors (Lipinski definition) is 6. The molecule has 0 fully saturated rings. The van der Waals surface area contributed by atoms with Crippen molar-refractivity contribution in [3.8, 4) is 0 Å². The molecular weight excluding hydrogens is 844 g/mol. The van der Waals surface area contributed by atoms with Gasteiger partial charge in [0.1, 0.15) is 19.3 Å². The van der Waals surface area contributed by atoms with E-state index in [1.54, 1.807) is 0 Å². The van der Waals surface area contributed by atoms with Crippen LogP contribution in [-0.2, 0) is 27.9 Å². The number of ether oxygens (including phenoxy) is 1. The van der Waals surface area contributed by atoms with Crippen LogP contribution in [0.15, 0.2) is 48.6 Å². The third kappa shape index (κ3) is 47.1. The van der Waals surface area contributed by atoms with Crippen molar-refractivity contribution in [3.05, 3.63) is 48.6 Å². The third-order valence-corrected chi connectivity index (χ3v) is 13.1. The monoisotopic (exact) mass is 950 g/mol. The Labute approximate surface area is 408 Å². The maximum Gasteiger partial charge on any atom is 0.472 e. The highest BCUT2D eigenvalue weighted by molar-refractivity contribution is 7.47. The Kier molecular flexibility index (Phi) is 45.3. The lowest BCUT2D eigenvalue weighted by molar-refractivity contribution is -0.870. The van der Waals surface area contributed by atoms with Crippen LogP contribution in [0.25, 0.3) is 0 Å². The number of carbonyl (C=O) groups excluding carboxylic acids is 2. The predicted octanol–water partition coefficient (Wildman–Crippen LogP) is 16.2. The maximum absolute atomic E-state index is 13.5. The minimum absolute atomic E-state index is 0.0381. The van der Waals surface area contributed by atoms with E-state index in [-0.39, 0.29) is 25.1 Å². The summed E-state index contributed by atoms with van der Waals surface area (Å²) >= 11 is 0. The number of phosphoric ester groups is 1. The first-order valence-electron chi connectivity index (χ1n) is 27.5. The number of esters is 1. The summed E-state index contributed by atoms with van der Waals surface area (Å²) in [4.78, 5) is 37.5. The molecule has 0 bridgehead atoms. The second-order valence-electron chi connectivity index (χ2n) is 19.8. The van der Waals surface area contributed by atoms with Crippen LogP contribution in [0.5, 0.6) is 0 Å². The normalized spacial score (nSPS) is 14.2. The first kappa shape index (κ1) is 64.0. The summed E-state index contributed by atoms with van der Waals surface area (Å²) in [7, 11) is 1.49. The molecule has 1 amide bonds. The Morgan fingerprint density at radius 1 is 0.545 bits per heavy atom. The molecule has 66 heavy (non-hydrogen) atoms. The Morgan fingerprint density at radius 2 is 0.970 bits per heavy atom. The molecule has 0 saturated carbocycles. The maximum atomic E-state index is 13.5. The Bertz CT molecular complexity index is 1280. The molecule has 0 aliphatic heterocycles. The van der Waals surface area contributed by atoms with E-state index in [0.29, 0.717) is 23.9 Å². The van der Waals surface area contributed by atoms with Gasteiger partial charge in [0.25, 0.3) is 0 Å². The van der Waals surface area contributed by atoms with Gasteiger partial charge in [-0.3, -0.25) is 18.6 Å². The molecule has 0 rings (SSSR count).